The zero-order valence-electron chi connectivity index (χ0n) is 9.83. The number of rotatable bonds is 2. The predicted octanol–water partition coefficient (Wildman–Crippen LogP) is 1.87. The summed E-state index contributed by atoms with van der Waals surface area (Å²) in [5, 5.41) is 5.40. The van der Waals surface area contributed by atoms with Crippen LogP contribution in [0, 0.1) is 0 Å². The average molecular weight is 239 g/mol. The summed E-state index contributed by atoms with van der Waals surface area (Å²) in [5.74, 6) is -0.109. The molecule has 1 aliphatic rings. The number of aromatic nitrogens is 1. The molecule has 0 bridgehead atoms. The van der Waals surface area contributed by atoms with Crippen molar-refractivity contribution in [2.45, 2.75) is 44.6 Å². The first-order valence-electron chi connectivity index (χ1n) is 5.38. The van der Waals surface area contributed by atoms with E-state index in [2.05, 4.69) is 31.1 Å². The molecule has 1 aliphatic carbocycles. The van der Waals surface area contributed by atoms with Crippen LogP contribution in [0.5, 0.6) is 0 Å². The summed E-state index contributed by atoms with van der Waals surface area (Å²) < 4.78 is 0. The van der Waals surface area contributed by atoms with Crippen molar-refractivity contribution >= 4 is 22.4 Å². The van der Waals surface area contributed by atoms with Crippen LogP contribution in [0.25, 0.3) is 0 Å². The largest absolute Gasteiger partial charge is 0.317 e. The van der Waals surface area contributed by atoms with Gasteiger partial charge >= 0.3 is 0 Å². The Morgan fingerprint density at radius 3 is 2.62 bits per heavy atom. The van der Waals surface area contributed by atoms with Crippen LogP contribution < -0.4 is 11.1 Å². The molecule has 0 radical (unpaired) electrons. The Hall–Kier alpha value is -0.940. The lowest BCUT2D eigenvalue weighted by molar-refractivity contribution is -0.118. The minimum Gasteiger partial charge on any atom is -0.317 e. The van der Waals surface area contributed by atoms with Crippen molar-refractivity contribution in [1.82, 2.24) is 4.98 Å². The Morgan fingerprint density at radius 1 is 1.56 bits per heavy atom. The molecule has 4 nitrogen and oxygen atoms in total. The van der Waals surface area contributed by atoms with E-state index in [-0.39, 0.29) is 11.3 Å². The zero-order chi connectivity index (χ0) is 12.0. The third kappa shape index (κ3) is 2.25. The van der Waals surface area contributed by atoms with Gasteiger partial charge < -0.3 is 11.1 Å². The molecule has 0 atom stereocenters. The van der Waals surface area contributed by atoms with Crippen molar-refractivity contribution in [1.29, 1.82) is 0 Å². The van der Waals surface area contributed by atoms with Crippen molar-refractivity contribution in [3.05, 3.63) is 11.1 Å². The van der Waals surface area contributed by atoms with Crippen LogP contribution in [0.4, 0.5) is 5.13 Å². The van der Waals surface area contributed by atoms with Crippen LogP contribution in [0.15, 0.2) is 5.38 Å². The molecule has 2 rings (SSSR count). The maximum atomic E-state index is 11.7. The van der Waals surface area contributed by atoms with Gasteiger partial charge in [-0.05, 0) is 12.8 Å². The van der Waals surface area contributed by atoms with Gasteiger partial charge in [0.15, 0.2) is 5.13 Å². The molecular weight excluding hydrogens is 222 g/mol. The molecule has 0 unspecified atom stereocenters. The van der Waals surface area contributed by atoms with Crippen molar-refractivity contribution < 1.29 is 4.79 Å². The first kappa shape index (κ1) is 11.5. The van der Waals surface area contributed by atoms with Gasteiger partial charge in [0, 0.05) is 10.8 Å². The van der Waals surface area contributed by atoms with Gasteiger partial charge in [-0.3, -0.25) is 4.79 Å². The summed E-state index contributed by atoms with van der Waals surface area (Å²) in [6, 6.07) is 0. The molecule has 1 aromatic heterocycles. The lowest BCUT2D eigenvalue weighted by Crippen LogP contribution is -2.37. The number of nitrogens with two attached hydrogens (primary N) is 1. The van der Waals surface area contributed by atoms with Gasteiger partial charge in [-0.1, -0.05) is 20.8 Å². The number of nitrogens with one attached hydrogen (secondary N) is 1. The van der Waals surface area contributed by atoms with Crippen molar-refractivity contribution in [2.75, 3.05) is 5.32 Å². The molecule has 16 heavy (non-hydrogen) atoms. The highest BCUT2D eigenvalue weighted by Crippen LogP contribution is 2.34. The molecule has 1 aromatic rings. The molecule has 0 aromatic carbocycles. The quantitative estimate of drug-likeness (QED) is 0.828. The van der Waals surface area contributed by atoms with Crippen LogP contribution in [0.3, 0.4) is 0 Å². The lowest BCUT2D eigenvalue weighted by atomic mass is 9.93. The lowest BCUT2D eigenvalue weighted by Gasteiger charge is -2.14. The number of amides is 1. The molecular formula is C11H17N3OS. The number of nitrogens with zero attached hydrogens (tertiary/aromatic N) is 1. The van der Waals surface area contributed by atoms with Crippen molar-refractivity contribution in [2.24, 2.45) is 5.73 Å². The van der Waals surface area contributed by atoms with E-state index in [1.54, 1.807) is 0 Å². The fourth-order valence-electron chi connectivity index (χ4n) is 1.26. The maximum Gasteiger partial charge on any atom is 0.246 e. The normalized spacial score (nSPS) is 18.2. The number of carbonyl (C=O) groups excluding carboxylic acids is 1. The number of anilines is 1. The van der Waals surface area contributed by atoms with E-state index in [1.165, 1.54) is 11.3 Å². The van der Waals surface area contributed by atoms with Crippen molar-refractivity contribution in [3.8, 4) is 0 Å². The van der Waals surface area contributed by atoms with Gasteiger partial charge in [0.1, 0.15) is 0 Å². The molecule has 3 N–H and O–H groups in total. The maximum absolute atomic E-state index is 11.7. The summed E-state index contributed by atoms with van der Waals surface area (Å²) in [5.41, 5.74) is 6.17. The van der Waals surface area contributed by atoms with Gasteiger partial charge in [0.2, 0.25) is 5.91 Å². The number of hydrogen-bond donors (Lipinski definition) is 2. The fraction of sp³-hybridized carbons (Fsp3) is 0.636. The Morgan fingerprint density at radius 2 is 2.19 bits per heavy atom. The van der Waals surface area contributed by atoms with Crippen molar-refractivity contribution in [3.63, 3.8) is 0 Å². The van der Waals surface area contributed by atoms with Gasteiger partial charge in [-0.2, -0.15) is 0 Å². The average Bonchev–Trinajstić information content (AvgIpc) is 2.75. The minimum absolute atomic E-state index is 0.0134. The van der Waals surface area contributed by atoms with Crippen LogP contribution in [0.1, 0.15) is 39.3 Å². The van der Waals surface area contributed by atoms with E-state index in [1.807, 2.05) is 5.38 Å². The van der Waals surface area contributed by atoms with Crippen LogP contribution in [0.2, 0.25) is 0 Å². The van der Waals surface area contributed by atoms with Crippen LogP contribution in [-0.2, 0) is 10.2 Å². The Bertz CT molecular complexity index is 415. The van der Waals surface area contributed by atoms with E-state index in [0.717, 1.165) is 18.5 Å². The Kier molecular flexibility index (Phi) is 2.55. The molecule has 1 amide bonds. The second-order valence-electron chi connectivity index (χ2n) is 5.40. The Labute approximate surface area is 99.3 Å². The number of thiazole rings is 1. The third-order valence-corrected chi connectivity index (χ3v) is 3.49. The molecule has 1 saturated carbocycles. The minimum atomic E-state index is -0.631. The standard InChI is InChI=1S/C11H17N3OS/c1-10(2,3)7-6-16-9(13-7)14-8(15)11(12)4-5-11/h6H,4-5,12H2,1-3H3,(H,13,14,15). The molecule has 1 heterocycles. The van der Waals surface area contributed by atoms with E-state index in [0.29, 0.717) is 5.13 Å². The summed E-state index contributed by atoms with van der Waals surface area (Å²) >= 11 is 1.45. The second-order valence-corrected chi connectivity index (χ2v) is 6.26. The molecule has 1 fully saturated rings. The number of carbonyl (C=O) groups is 1. The van der Waals surface area contributed by atoms with Gasteiger partial charge in [-0.25, -0.2) is 4.98 Å². The predicted molar refractivity (Wildman–Crippen MR) is 65.6 cm³/mol. The Balaban J connectivity index is 2.06. The topological polar surface area (TPSA) is 68.0 Å². The SMILES string of the molecule is CC(C)(C)c1csc(NC(=O)C2(N)CC2)n1. The first-order chi connectivity index (χ1) is 7.31. The third-order valence-electron chi connectivity index (χ3n) is 2.73. The highest BCUT2D eigenvalue weighted by atomic mass is 32.1. The van der Waals surface area contributed by atoms with Gasteiger partial charge in [-0.15, -0.1) is 11.3 Å². The number of hydrogen-bond acceptors (Lipinski definition) is 4. The fourth-order valence-corrected chi connectivity index (χ4v) is 2.19. The highest BCUT2D eigenvalue weighted by molar-refractivity contribution is 7.14. The van der Waals surface area contributed by atoms with Gasteiger partial charge in [0.25, 0.3) is 0 Å². The highest BCUT2D eigenvalue weighted by Gasteiger charge is 2.46. The smallest absolute Gasteiger partial charge is 0.246 e. The summed E-state index contributed by atoms with van der Waals surface area (Å²) in [6.45, 7) is 6.29. The summed E-state index contributed by atoms with van der Waals surface area (Å²) in [7, 11) is 0. The molecule has 0 aliphatic heterocycles. The van der Waals surface area contributed by atoms with Gasteiger partial charge in [0.05, 0.1) is 11.2 Å². The summed E-state index contributed by atoms with van der Waals surface area (Å²) in [6.07, 6.45) is 1.55. The van der Waals surface area contributed by atoms with E-state index in [9.17, 15) is 4.79 Å². The molecule has 0 saturated heterocycles. The van der Waals surface area contributed by atoms with E-state index >= 15 is 0 Å². The second kappa shape index (κ2) is 3.53. The molecule has 0 spiro atoms. The van der Waals surface area contributed by atoms with E-state index < -0.39 is 5.54 Å². The van der Waals surface area contributed by atoms with Crippen LogP contribution >= 0.6 is 11.3 Å². The first-order valence-corrected chi connectivity index (χ1v) is 6.26. The summed E-state index contributed by atoms with van der Waals surface area (Å²) in [4.78, 5) is 16.1. The molecule has 5 heteroatoms. The van der Waals surface area contributed by atoms with Crippen LogP contribution in [-0.4, -0.2) is 16.4 Å². The molecule has 88 valence electrons. The van der Waals surface area contributed by atoms with E-state index in [4.69, 9.17) is 5.73 Å². The zero-order valence-corrected chi connectivity index (χ0v) is 10.6. The monoisotopic (exact) mass is 239 g/mol.